The zero-order chi connectivity index (χ0) is 17.9. The van der Waals surface area contributed by atoms with Gasteiger partial charge in [-0.3, -0.25) is 9.98 Å². The Morgan fingerprint density at radius 1 is 1.35 bits per heavy atom. The van der Waals surface area contributed by atoms with Gasteiger partial charge in [0.15, 0.2) is 0 Å². The van der Waals surface area contributed by atoms with Gasteiger partial charge in [-0.25, -0.2) is 4.98 Å². The highest BCUT2D eigenvalue weighted by atomic mass is 15.0. The minimum absolute atomic E-state index is 0.438. The van der Waals surface area contributed by atoms with Crippen molar-refractivity contribution >= 4 is 22.8 Å². The maximum Gasteiger partial charge on any atom is 0.0923 e. The number of rotatable bonds is 6. The molecule has 2 aliphatic rings. The molecule has 3 N–H and O–H groups in total. The molecule has 136 valence electrons. The Balaban J connectivity index is 1.52. The van der Waals surface area contributed by atoms with Crippen molar-refractivity contribution in [1.82, 2.24) is 15.3 Å². The average Bonchev–Trinajstić information content (AvgIpc) is 2.58. The largest absolute Gasteiger partial charge is 0.404 e. The van der Waals surface area contributed by atoms with E-state index in [9.17, 15) is 0 Å². The van der Waals surface area contributed by atoms with Crippen LogP contribution in [0.15, 0.2) is 35.6 Å². The maximum absolute atomic E-state index is 5.85. The number of benzene rings is 1. The molecule has 0 amide bonds. The number of aliphatic imine (C=N–C) groups is 1. The minimum Gasteiger partial charge on any atom is -0.404 e. The molecule has 2 heterocycles. The van der Waals surface area contributed by atoms with Crippen molar-refractivity contribution in [3.63, 3.8) is 0 Å². The van der Waals surface area contributed by atoms with Crippen molar-refractivity contribution in [3.8, 4) is 0 Å². The van der Waals surface area contributed by atoms with Crippen LogP contribution in [-0.2, 0) is 0 Å². The lowest BCUT2D eigenvalue weighted by atomic mass is 9.78. The molecule has 5 nitrogen and oxygen atoms in total. The molecule has 0 bridgehead atoms. The number of nitrogens with zero attached hydrogens (tertiary/aromatic N) is 3. The van der Waals surface area contributed by atoms with Crippen LogP contribution in [-0.4, -0.2) is 35.3 Å². The molecule has 1 aromatic heterocycles. The summed E-state index contributed by atoms with van der Waals surface area (Å²) in [5.74, 6) is 1.40. The number of hydrogen-bond donors (Lipinski definition) is 2. The molecule has 0 spiro atoms. The predicted molar refractivity (Wildman–Crippen MR) is 107 cm³/mol. The summed E-state index contributed by atoms with van der Waals surface area (Å²) < 4.78 is 0. The zero-order valence-electron chi connectivity index (χ0n) is 15.4. The molecule has 4 rings (SSSR count). The molecular weight excluding hydrogens is 322 g/mol. The predicted octanol–water partition coefficient (Wildman–Crippen LogP) is 3.27. The first-order valence-electron chi connectivity index (χ1n) is 9.70. The number of nitrogens with two attached hydrogens (primary N) is 1. The van der Waals surface area contributed by atoms with Gasteiger partial charge in [0.05, 0.1) is 29.0 Å². The van der Waals surface area contributed by atoms with Gasteiger partial charge >= 0.3 is 0 Å². The molecule has 2 aromatic rings. The van der Waals surface area contributed by atoms with Crippen molar-refractivity contribution < 1.29 is 0 Å². The molecule has 1 aromatic carbocycles. The smallest absolute Gasteiger partial charge is 0.0923 e. The second-order valence-corrected chi connectivity index (χ2v) is 7.51. The molecule has 1 saturated heterocycles. The summed E-state index contributed by atoms with van der Waals surface area (Å²) in [6.07, 6.45) is 10.3. The number of aromatic nitrogens is 2. The van der Waals surface area contributed by atoms with Crippen LogP contribution in [0.25, 0.3) is 16.6 Å². The first-order chi connectivity index (χ1) is 12.8. The lowest BCUT2D eigenvalue weighted by Gasteiger charge is -2.32. The zero-order valence-corrected chi connectivity index (χ0v) is 15.4. The van der Waals surface area contributed by atoms with Crippen LogP contribution in [0.2, 0.25) is 0 Å². The molecule has 0 atom stereocenters. The highest BCUT2D eigenvalue weighted by molar-refractivity contribution is 6.09. The summed E-state index contributed by atoms with van der Waals surface area (Å²) in [6, 6.07) is 6.68. The molecule has 1 aliphatic carbocycles. The van der Waals surface area contributed by atoms with Gasteiger partial charge in [0, 0.05) is 37.0 Å². The minimum atomic E-state index is 0.438. The fraction of sp³-hybridized carbons (Fsp3) is 0.476. The van der Waals surface area contributed by atoms with Crippen LogP contribution in [0.1, 0.15) is 49.8 Å². The molecule has 0 unspecified atom stereocenters. The van der Waals surface area contributed by atoms with Gasteiger partial charge < -0.3 is 11.1 Å². The quantitative estimate of drug-likeness (QED) is 0.785. The van der Waals surface area contributed by atoms with Gasteiger partial charge in [0.2, 0.25) is 0 Å². The second-order valence-electron chi connectivity index (χ2n) is 7.51. The summed E-state index contributed by atoms with van der Waals surface area (Å²) in [6.45, 7) is 4.28. The topological polar surface area (TPSA) is 76.2 Å². The van der Waals surface area contributed by atoms with Crippen LogP contribution in [0.3, 0.4) is 0 Å². The van der Waals surface area contributed by atoms with E-state index >= 15 is 0 Å². The van der Waals surface area contributed by atoms with Gasteiger partial charge in [-0.05, 0) is 30.4 Å². The lowest BCUT2D eigenvalue weighted by molar-refractivity contribution is 0.250. The van der Waals surface area contributed by atoms with E-state index < -0.39 is 0 Å². The fourth-order valence-corrected chi connectivity index (χ4v) is 3.89. The van der Waals surface area contributed by atoms with Crippen LogP contribution >= 0.6 is 0 Å². The summed E-state index contributed by atoms with van der Waals surface area (Å²) >= 11 is 0. The van der Waals surface area contributed by atoms with E-state index in [1.54, 1.807) is 6.20 Å². The first-order valence-corrected chi connectivity index (χ1v) is 9.70. The standard InChI is InChI=1S/C21H27N5/c1-2-4-14-7-17(8-14)24-12-15(9-22)20-13-25-21-18(16-10-23-11-16)5-3-6-19(21)26-20/h3,5-6,9,12-14,16-17,23H,2,4,7-8,10-11,22H2,1H3. The van der Waals surface area contributed by atoms with E-state index in [-0.39, 0.29) is 0 Å². The molecule has 1 aliphatic heterocycles. The van der Waals surface area contributed by atoms with E-state index in [0.29, 0.717) is 12.0 Å². The number of fused-ring (bicyclic) bond motifs is 1. The third-order valence-electron chi connectivity index (χ3n) is 5.63. The molecular formula is C21H27N5. The molecule has 5 heteroatoms. The lowest BCUT2D eigenvalue weighted by Crippen LogP contribution is -2.40. The Hall–Kier alpha value is -2.27. The Bertz CT molecular complexity index is 831. The van der Waals surface area contributed by atoms with Crippen molar-refractivity contribution in [1.29, 1.82) is 0 Å². The normalized spacial score (nSPS) is 24.0. The first kappa shape index (κ1) is 17.2. The van der Waals surface area contributed by atoms with E-state index in [2.05, 4.69) is 24.4 Å². The monoisotopic (exact) mass is 349 g/mol. The van der Waals surface area contributed by atoms with Crippen LogP contribution in [0.4, 0.5) is 0 Å². The number of nitrogens with one attached hydrogen (secondary N) is 1. The fourth-order valence-electron chi connectivity index (χ4n) is 3.89. The maximum atomic E-state index is 5.85. The third-order valence-corrected chi connectivity index (χ3v) is 5.63. The average molecular weight is 349 g/mol. The number of allylic oxidation sites excluding steroid dienone is 1. The molecule has 2 fully saturated rings. The molecule has 1 saturated carbocycles. The van der Waals surface area contributed by atoms with Gasteiger partial charge in [-0.2, -0.15) is 0 Å². The van der Waals surface area contributed by atoms with Crippen molar-refractivity contribution in [2.24, 2.45) is 16.6 Å². The van der Waals surface area contributed by atoms with Crippen LogP contribution in [0.5, 0.6) is 0 Å². The highest BCUT2D eigenvalue weighted by Gasteiger charge is 2.27. The Morgan fingerprint density at radius 3 is 2.88 bits per heavy atom. The summed E-state index contributed by atoms with van der Waals surface area (Å²) in [5, 5.41) is 3.32. The number of para-hydroxylation sites is 1. The van der Waals surface area contributed by atoms with Crippen LogP contribution < -0.4 is 11.1 Å². The van der Waals surface area contributed by atoms with E-state index in [1.165, 1.54) is 31.2 Å². The van der Waals surface area contributed by atoms with Crippen molar-refractivity contribution in [3.05, 3.63) is 41.9 Å². The summed E-state index contributed by atoms with van der Waals surface area (Å²) in [7, 11) is 0. The van der Waals surface area contributed by atoms with E-state index in [1.807, 2.05) is 18.5 Å². The third kappa shape index (κ3) is 3.36. The summed E-state index contributed by atoms with van der Waals surface area (Å²) in [5.41, 5.74) is 10.7. The Morgan fingerprint density at radius 2 is 2.19 bits per heavy atom. The van der Waals surface area contributed by atoms with Gasteiger partial charge in [-0.15, -0.1) is 0 Å². The van der Waals surface area contributed by atoms with Crippen molar-refractivity contribution in [2.45, 2.75) is 44.6 Å². The van der Waals surface area contributed by atoms with Gasteiger partial charge in [0.25, 0.3) is 0 Å². The molecule has 26 heavy (non-hydrogen) atoms. The SMILES string of the molecule is CCCC1CC(N=CC(=CN)c2cnc3c(C4CNC4)cccc3n2)C1. The Kier molecular flexibility index (Phi) is 4.98. The number of hydrogen-bond acceptors (Lipinski definition) is 5. The molecule has 0 radical (unpaired) electrons. The Labute approximate surface area is 154 Å². The second kappa shape index (κ2) is 7.54. The van der Waals surface area contributed by atoms with Gasteiger partial charge in [-0.1, -0.05) is 31.9 Å². The van der Waals surface area contributed by atoms with Gasteiger partial charge in [0.1, 0.15) is 0 Å². The highest BCUT2D eigenvalue weighted by Crippen LogP contribution is 2.33. The summed E-state index contributed by atoms with van der Waals surface area (Å²) in [4.78, 5) is 14.2. The van der Waals surface area contributed by atoms with Crippen LogP contribution in [0, 0.1) is 5.92 Å². The van der Waals surface area contributed by atoms with E-state index in [0.717, 1.165) is 41.3 Å². The van der Waals surface area contributed by atoms with E-state index in [4.69, 9.17) is 20.7 Å². The van der Waals surface area contributed by atoms with Crippen molar-refractivity contribution in [2.75, 3.05) is 13.1 Å².